The van der Waals surface area contributed by atoms with Crippen LogP contribution in [0.4, 0.5) is 4.79 Å². The van der Waals surface area contributed by atoms with Gasteiger partial charge in [-0.05, 0) is 50.5 Å². The number of amides is 4. The lowest BCUT2D eigenvalue weighted by Gasteiger charge is -2.23. The third kappa shape index (κ3) is 4.57. The van der Waals surface area contributed by atoms with E-state index < -0.39 is 17.5 Å². The third-order valence-electron chi connectivity index (χ3n) is 4.54. The first-order chi connectivity index (χ1) is 12.8. The molecule has 1 aliphatic heterocycles. The van der Waals surface area contributed by atoms with Crippen LogP contribution in [0.1, 0.15) is 31.4 Å². The van der Waals surface area contributed by atoms with E-state index in [4.69, 9.17) is 9.47 Å². The summed E-state index contributed by atoms with van der Waals surface area (Å²) < 4.78 is 10.4. The van der Waals surface area contributed by atoms with Crippen LogP contribution in [-0.4, -0.2) is 56.2 Å². The molecule has 1 heterocycles. The molecule has 148 valence electrons. The van der Waals surface area contributed by atoms with Crippen LogP contribution in [0.5, 0.6) is 5.75 Å². The Bertz CT molecular complexity index is 721. The average Bonchev–Trinajstić information content (AvgIpc) is 2.85. The average molecular weight is 377 g/mol. The van der Waals surface area contributed by atoms with Crippen LogP contribution in [0.25, 0.3) is 0 Å². The molecule has 1 unspecified atom stereocenters. The summed E-state index contributed by atoms with van der Waals surface area (Å²) in [6.07, 6.45) is 0.669. The number of imide groups is 1. The monoisotopic (exact) mass is 377 g/mol. The summed E-state index contributed by atoms with van der Waals surface area (Å²) in [6.45, 7) is 6.68. The minimum Gasteiger partial charge on any atom is -0.496 e. The number of hydrogen-bond donors (Lipinski definition) is 2. The predicted octanol–water partition coefficient (Wildman–Crippen LogP) is 1.31. The van der Waals surface area contributed by atoms with Gasteiger partial charge in [-0.15, -0.1) is 0 Å². The maximum atomic E-state index is 12.9. The van der Waals surface area contributed by atoms with E-state index in [1.807, 2.05) is 13.8 Å². The SMILES string of the molecule is CCOCCCNC(=O)CN1C(=O)NC(C)(c2ccc(OC)c(C)c2)C1=O. The summed E-state index contributed by atoms with van der Waals surface area (Å²) in [7, 11) is 1.57. The van der Waals surface area contributed by atoms with E-state index in [0.29, 0.717) is 37.5 Å². The Balaban J connectivity index is 2.03. The molecule has 0 radical (unpaired) electrons. The van der Waals surface area contributed by atoms with Crippen molar-refractivity contribution in [3.63, 3.8) is 0 Å². The number of benzene rings is 1. The topological polar surface area (TPSA) is 97.0 Å². The van der Waals surface area contributed by atoms with Crippen LogP contribution < -0.4 is 15.4 Å². The molecule has 2 rings (SSSR count). The maximum Gasteiger partial charge on any atom is 0.325 e. The number of hydrogen-bond acceptors (Lipinski definition) is 5. The van der Waals surface area contributed by atoms with Crippen LogP contribution in [0.3, 0.4) is 0 Å². The predicted molar refractivity (Wildman–Crippen MR) is 99.4 cm³/mol. The van der Waals surface area contributed by atoms with E-state index in [9.17, 15) is 14.4 Å². The van der Waals surface area contributed by atoms with Crippen molar-refractivity contribution in [3.05, 3.63) is 29.3 Å². The van der Waals surface area contributed by atoms with Crippen molar-refractivity contribution < 1.29 is 23.9 Å². The van der Waals surface area contributed by atoms with Gasteiger partial charge in [0, 0.05) is 19.8 Å². The van der Waals surface area contributed by atoms with E-state index in [1.165, 1.54) is 0 Å². The van der Waals surface area contributed by atoms with Gasteiger partial charge in [-0.2, -0.15) is 0 Å². The number of urea groups is 1. The fourth-order valence-corrected chi connectivity index (χ4v) is 2.97. The largest absolute Gasteiger partial charge is 0.496 e. The summed E-state index contributed by atoms with van der Waals surface area (Å²) in [6, 6.07) is 4.71. The number of carbonyl (C=O) groups is 3. The highest BCUT2D eigenvalue weighted by atomic mass is 16.5. The smallest absolute Gasteiger partial charge is 0.325 e. The Morgan fingerprint density at radius 1 is 1.33 bits per heavy atom. The van der Waals surface area contributed by atoms with Gasteiger partial charge < -0.3 is 20.1 Å². The Morgan fingerprint density at radius 2 is 2.07 bits per heavy atom. The zero-order chi connectivity index (χ0) is 20.0. The summed E-state index contributed by atoms with van der Waals surface area (Å²) in [5.41, 5.74) is 0.270. The van der Waals surface area contributed by atoms with Crippen molar-refractivity contribution in [3.8, 4) is 5.75 Å². The van der Waals surface area contributed by atoms with Crippen LogP contribution >= 0.6 is 0 Å². The van der Waals surface area contributed by atoms with Gasteiger partial charge in [0.2, 0.25) is 5.91 Å². The first kappa shape index (κ1) is 20.7. The van der Waals surface area contributed by atoms with Crippen LogP contribution in [-0.2, 0) is 19.9 Å². The zero-order valence-corrected chi connectivity index (χ0v) is 16.3. The number of aryl methyl sites for hydroxylation is 1. The molecule has 0 aliphatic carbocycles. The van der Waals surface area contributed by atoms with Gasteiger partial charge in [-0.3, -0.25) is 14.5 Å². The molecule has 1 saturated heterocycles. The van der Waals surface area contributed by atoms with Gasteiger partial charge in [0.25, 0.3) is 5.91 Å². The van der Waals surface area contributed by atoms with E-state index in [-0.39, 0.29) is 12.5 Å². The van der Waals surface area contributed by atoms with E-state index in [2.05, 4.69) is 10.6 Å². The van der Waals surface area contributed by atoms with Crippen LogP contribution in [0.15, 0.2) is 18.2 Å². The molecule has 0 saturated carbocycles. The molecule has 1 aromatic carbocycles. The van der Waals surface area contributed by atoms with Crippen molar-refractivity contribution in [2.75, 3.05) is 33.4 Å². The van der Waals surface area contributed by atoms with Gasteiger partial charge in [0.15, 0.2) is 0 Å². The molecule has 0 aromatic heterocycles. The molecule has 1 aromatic rings. The van der Waals surface area contributed by atoms with Crippen molar-refractivity contribution in [1.82, 2.24) is 15.5 Å². The second-order valence-electron chi connectivity index (χ2n) is 6.53. The van der Waals surface area contributed by atoms with E-state index in [0.717, 1.165) is 10.5 Å². The lowest BCUT2D eigenvalue weighted by molar-refractivity contribution is -0.134. The molecular weight excluding hydrogens is 350 g/mol. The lowest BCUT2D eigenvalue weighted by Crippen LogP contribution is -2.43. The molecule has 1 aliphatic rings. The molecule has 8 heteroatoms. The fraction of sp³-hybridized carbons (Fsp3) is 0.526. The Labute approximate surface area is 159 Å². The van der Waals surface area contributed by atoms with Crippen molar-refractivity contribution in [2.24, 2.45) is 0 Å². The van der Waals surface area contributed by atoms with Crippen LogP contribution in [0, 0.1) is 6.92 Å². The molecule has 27 heavy (non-hydrogen) atoms. The van der Waals surface area contributed by atoms with Gasteiger partial charge in [-0.25, -0.2) is 4.79 Å². The summed E-state index contributed by atoms with van der Waals surface area (Å²) in [5.74, 6) is -0.144. The molecule has 2 N–H and O–H groups in total. The Kier molecular flexibility index (Phi) is 6.79. The summed E-state index contributed by atoms with van der Waals surface area (Å²) >= 11 is 0. The zero-order valence-electron chi connectivity index (χ0n) is 16.3. The summed E-state index contributed by atoms with van der Waals surface area (Å²) in [4.78, 5) is 38.2. The first-order valence-electron chi connectivity index (χ1n) is 8.97. The molecular formula is C19H27N3O5. The number of ether oxygens (including phenoxy) is 2. The number of rotatable bonds is 9. The summed E-state index contributed by atoms with van der Waals surface area (Å²) in [5, 5.41) is 5.39. The normalized spacial score (nSPS) is 19.2. The van der Waals surface area contributed by atoms with Crippen molar-refractivity contribution in [1.29, 1.82) is 0 Å². The van der Waals surface area contributed by atoms with Crippen molar-refractivity contribution in [2.45, 2.75) is 32.7 Å². The number of carbonyl (C=O) groups excluding carboxylic acids is 3. The number of methoxy groups -OCH3 is 1. The second-order valence-corrected chi connectivity index (χ2v) is 6.53. The number of nitrogens with zero attached hydrogens (tertiary/aromatic N) is 1. The minimum atomic E-state index is -1.22. The van der Waals surface area contributed by atoms with Crippen molar-refractivity contribution >= 4 is 17.8 Å². The number of nitrogens with one attached hydrogen (secondary N) is 2. The molecule has 1 atom stereocenters. The first-order valence-corrected chi connectivity index (χ1v) is 8.97. The Hall–Kier alpha value is -2.61. The molecule has 1 fully saturated rings. The van der Waals surface area contributed by atoms with E-state index >= 15 is 0 Å². The Morgan fingerprint density at radius 3 is 2.70 bits per heavy atom. The highest BCUT2D eigenvalue weighted by Gasteiger charge is 2.49. The quantitative estimate of drug-likeness (QED) is 0.500. The molecule has 4 amide bonds. The fourth-order valence-electron chi connectivity index (χ4n) is 2.97. The molecule has 0 bridgehead atoms. The maximum absolute atomic E-state index is 12.9. The van der Waals surface area contributed by atoms with Crippen LogP contribution in [0.2, 0.25) is 0 Å². The third-order valence-corrected chi connectivity index (χ3v) is 4.54. The lowest BCUT2D eigenvalue weighted by atomic mass is 9.90. The van der Waals surface area contributed by atoms with Gasteiger partial charge in [0.1, 0.15) is 17.8 Å². The van der Waals surface area contributed by atoms with Gasteiger partial charge in [0.05, 0.1) is 7.11 Å². The van der Waals surface area contributed by atoms with E-state index in [1.54, 1.807) is 32.2 Å². The minimum absolute atomic E-state index is 0.315. The highest BCUT2D eigenvalue weighted by molar-refractivity contribution is 6.09. The highest BCUT2D eigenvalue weighted by Crippen LogP contribution is 2.31. The van der Waals surface area contributed by atoms with Gasteiger partial charge in [-0.1, -0.05) is 6.07 Å². The molecule has 0 spiro atoms. The molecule has 8 nitrogen and oxygen atoms in total. The van der Waals surface area contributed by atoms with Gasteiger partial charge >= 0.3 is 6.03 Å². The second kappa shape index (κ2) is 8.85. The standard InChI is InChI=1S/C19H27N3O5/c1-5-27-10-6-9-20-16(23)12-22-17(24)19(3,21-18(22)25)14-7-8-15(26-4)13(2)11-14/h7-8,11H,5-6,9-10,12H2,1-4H3,(H,20,23)(H,21,25).